The number of nitrogens with one attached hydrogen (secondary N) is 2. The summed E-state index contributed by atoms with van der Waals surface area (Å²) < 4.78 is 1.71. The third-order valence-electron chi connectivity index (χ3n) is 5.36. The molecule has 6 nitrogen and oxygen atoms in total. The topological polar surface area (TPSA) is 71.8 Å². The largest absolute Gasteiger partial charge is 0.377 e. The maximum Gasteiger partial charge on any atom is 0.259 e. The molecule has 33 heavy (non-hydrogen) atoms. The first kappa shape index (κ1) is 22.6. The van der Waals surface area contributed by atoms with Crippen LogP contribution in [0.1, 0.15) is 54.3 Å². The summed E-state index contributed by atoms with van der Waals surface area (Å²) in [5.74, 6) is 0.506. The fraction of sp³-hybridized carbons (Fsp3) is 0.192. The number of benzene rings is 2. The summed E-state index contributed by atoms with van der Waals surface area (Å²) >= 11 is 6.52. The Bertz CT molecular complexity index is 1240. The number of pyridine rings is 1. The van der Waals surface area contributed by atoms with Crippen molar-refractivity contribution < 1.29 is 4.79 Å². The molecule has 1 unspecified atom stereocenters. The Morgan fingerprint density at radius 3 is 2.42 bits per heavy atom. The van der Waals surface area contributed by atoms with Crippen LogP contribution >= 0.6 is 11.6 Å². The van der Waals surface area contributed by atoms with Crippen molar-refractivity contribution in [2.75, 3.05) is 10.6 Å². The average Bonchev–Trinajstić information content (AvgIpc) is 3.28. The highest BCUT2D eigenvalue weighted by Gasteiger charge is 2.21. The molecule has 2 aromatic heterocycles. The number of carbonyl (C=O) groups excluding carboxylic acids is 1. The summed E-state index contributed by atoms with van der Waals surface area (Å²) in [5.41, 5.74) is 3.89. The third-order valence-corrected chi connectivity index (χ3v) is 5.68. The minimum absolute atomic E-state index is 0.0740. The molecule has 0 fully saturated rings. The summed E-state index contributed by atoms with van der Waals surface area (Å²) in [6, 6.07) is 21.3. The Hall–Kier alpha value is -3.64. The van der Waals surface area contributed by atoms with E-state index in [1.165, 1.54) is 0 Å². The van der Waals surface area contributed by atoms with Gasteiger partial charge in [-0.25, -0.2) is 9.67 Å². The fourth-order valence-corrected chi connectivity index (χ4v) is 3.95. The molecule has 0 aliphatic heterocycles. The molecule has 4 rings (SSSR count). The minimum Gasteiger partial charge on any atom is -0.377 e. The number of rotatable bonds is 7. The van der Waals surface area contributed by atoms with Crippen molar-refractivity contribution in [2.45, 2.75) is 32.7 Å². The second-order valence-corrected chi connectivity index (χ2v) is 8.53. The molecule has 2 N–H and O–H groups in total. The van der Waals surface area contributed by atoms with E-state index in [0.717, 1.165) is 16.9 Å². The molecule has 0 aliphatic carbocycles. The number of hydrogen-bond acceptors (Lipinski definition) is 4. The Labute approximate surface area is 198 Å². The highest BCUT2D eigenvalue weighted by atomic mass is 35.5. The van der Waals surface area contributed by atoms with Crippen LogP contribution in [0.5, 0.6) is 0 Å². The van der Waals surface area contributed by atoms with Crippen molar-refractivity contribution in [3.63, 3.8) is 0 Å². The summed E-state index contributed by atoms with van der Waals surface area (Å²) in [4.78, 5) is 17.5. The van der Waals surface area contributed by atoms with Gasteiger partial charge in [0.15, 0.2) is 5.82 Å². The summed E-state index contributed by atoms with van der Waals surface area (Å²) in [5, 5.41) is 11.3. The summed E-state index contributed by atoms with van der Waals surface area (Å²) in [7, 11) is 0. The van der Waals surface area contributed by atoms with E-state index in [1.807, 2.05) is 62.4 Å². The van der Waals surface area contributed by atoms with Gasteiger partial charge in [-0.3, -0.25) is 4.79 Å². The molecular weight excluding hydrogens is 434 g/mol. The van der Waals surface area contributed by atoms with Crippen molar-refractivity contribution in [1.82, 2.24) is 14.8 Å². The quantitative estimate of drug-likeness (QED) is 0.332. The first-order valence-electron chi connectivity index (χ1n) is 10.9. The standard InChI is InChI=1S/C26H26ClN5O/c1-17(2)25-21(16-29-32(25)24-11-7-8-14-28-24)26(33)31-20-12-13-23(22(27)15-20)30-18(3)19-9-5-4-6-10-19/h4-18,30H,1-3H3,(H,31,33). The zero-order chi connectivity index (χ0) is 23.4. The van der Waals surface area contributed by atoms with E-state index in [2.05, 4.69) is 39.8 Å². The fourth-order valence-electron chi connectivity index (χ4n) is 3.72. The molecule has 2 aromatic carbocycles. The van der Waals surface area contributed by atoms with Crippen molar-refractivity contribution in [1.29, 1.82) is 0 Å². The Balaban J connectivity index is 1.52. The molecule has 7 heteroatoms. The zero-order valence-electron chi connectivity index (χ0n) is 18.8. The molecule has 0 saturated carbocycles. The third kappa shape index (κ3) is 5.07. The van der Waals surface area contributed by atoms with Crippen LogP contribution in [-0.2, 0) is 0 Å². The first-order chi connectivity index (χ1) is 15.9. The smallest absolute Gasteiger partial charge is 0.259 e. The lowest BCUT2D eigenvalue weighted by atomic mass is 10.1. The molecule has 0 bridgehead atoms. The lowest BCUT2D eigenvalue weighted by Gasteiger charge is -2.17. The second-order valence-electron chi connectivity index (χ2n) is 8.12. The molecule has 0 radical (unpaired) electrons. The molecule has 0 aliphatic rings. The number of aromatic nitrogens is 3. The van der Waals surface area contributed by atoms with Gasteiger partial charge in [-0.1, -0.05) is 61.8 Å². The molecule has 4 aromatic rings. The monoisotopic (exact) mass is 459 g/mol. The average molecular weight is 460 g/mol. The molecular formula is C26H26ClN5O. The van der Waals surface area contributed by atoms with Crippen molar-refractivity contribution >= 4 is 28.9 Å². The number of halogens is 1. The number of hydrogen-bond donors (Lipinski definition) is 2. The van der Waals surface area contributed by atoms with Gasteiger partial charge in [0.2, 0.25) is 0 Å². The maximum atomic E-state index is 13.1. The number of amides is 1. The van der Waals surface area contributed by atoms with Crippen LogP contribution < -0.4 is 10.6 Å². The van der Waals surface area contributed by atoms with Crippen molar-refractivity contribution in [3.8, 4) is 5.82 Å². The zero-order valence-corrected chi connectivity index (χ0v) is 19.5. The van der Waals surface area contributed by atoms with Crippen LogP contribution in [-0.4, -0.2) is 20.7 Å². The normalized spacial score (nSPS) is 11.9. The van der Waals surface area contributed by atoms with Crippen molar-refractivity contribution in [3.05, 3.63) is 101 Å². The Morgan fingerprint density at radius 2 is 1.76 bits per heavy atom. The van der Waals surface area contributed by atoms with E-state index in [-0.39, 0.29) is 17.9 Å². The van der Waals surface area contributed by atoms with Crippen LogP contribution in [0.4, 0.5) is 11.4 Å². The lowest BCUT2D eigenvalue weighted by molar-refractivity contribution is 0.102. The van der Waals surface area contributed by atoms with E-state index in [0.29, 0.717) is 22.1 Å². The highest BCUT2D eigenvalue weighted by molar-refractivity contribution is 6.33. The van der Waals surface area contributed by atoms with Crippen molar-refractivity contribution in [2.24, 2.45) is 0 Å². The van der Waals surface area contributed by atoms with Gasteiger partial charge in [0.1, 0.15) is 0 Å². The Morgan fingerprint density at radius 1 is 1.00 bits per heavy atom. The predicted octanol–water partition coefficient (Wildman–Crippen LogP) is 6.47. The minimum atomic E-state index is -0.240. The number of carbonyl (C=O) groups is 1. The molecule has 168 valence electrons. The first-order valence-corrected chi connectivity index (χ1v) is 11.2. The van der Waals surface area contributed by atoms with E-state index in [9.17, 15) is 4.79 Å². The van der Waals surface area contributed by atoms with Crippen LogP contribution in [0.3, 0.4) is 0 Å². The molecule has 2 heterocycles. The predicted molar refractivity (Wildman–Crippen MR) is 133 cm³/mol. The van der Waals surface area contributed by atoms with Crippen LogP contribution in [0, 0.1) is 0 Å². The van der Waals surface area contributed by atoms with Gasteiger partial charge < -0.3 is 10.6 Å². The highest BCUT2D eigenvalue weighted by Crippen LogP contribution is 2.30. The van der Waals surface area contributed by atoms with Gasteiger partial charge in [0.05, 0.1) is 28.2 Å². The van der Waals surface area contributed by atoms with Crippen LogP contribution in [0.15, 0.2) is 79.1 Å². The molecule has 1 amide bonds. The Kier molecular flexibility index (Phi) is 6.75. The van der Waals surface area contributed by atoms with Gasteiger partial charge >= 0.3 is 0 Å². The van der Waals surface area contributed by atoms with Crippen LogP contribution in [0.25, 0.3) is 5.82 Å². The molecule has 0 spiro atoms. The van der Waals surface area contributed by atoms with Gasteiger partial charge in [-0.2, -0.15) is 5.10 Å². The summed E-state index contributed by atoms with van der Waals surface area (Å²) in [6.07, 6.45) is 3.29. The SMILES string of the molecule is CC(C)c1c(C(=O)Nc2ccc(NC(C)c3ccccc3)c(Cl)c2)cnn1-c1ccccn1. The van der Waals surface area contributed by atoms with E-state index in [1.54, 1.807) is 23.1 Å². The lowest BCUT2D eigenvalue weighted by Crippen LogP contribution is -2.16. The molecule has 1 atom stereocenters. The second kappa shape index (κ2) is 9.88. The van der Waals surface area contributed by atoms with Crippen LogP contribution in [0.2, 0.25) is 5.02 Å². The number of nitrogens with zero attached hydrogens (tertiary/aromatic N) is 3. The van der Waals surface area contributed by atoms with E-state index >= 15 is 0 Å². The molecule has 0 saturated heterocycles. The van der Waals surface area contributed by atoms with E-state index < -0.39 is 0 Å². The number of anilines is 2. The van der Waals surface area contributed by atoms with E-state index in [4.69, 9.17) is 11.6 Å². The van der Waals surface area contributed by atoms with Gasteiger partial charge in [-0.05, 0) is 48.7 Å². The van der Waals surface area contributed by atoms with Gasteiger partial charge in [0.25, 0.3) is 5.91 Å². The van der Waals surface area contributed by atoms with Gasteiger partial charge in [-0.15, -0.1) is 0 Å². The maximum absolute atomic E-state index is 13.1. The summed E-state index contributed by atoms with van der Waals surface area (Å²) in [6.45, 7) is 6.13. The van der Waals surface area contributed by atoms with Gasteiger partial charge in [0, 0.05) is 17.9 Å².